The van der Waals surface area contributed by atoms with Crippen LogP contribution in [0, 0.1) is 15.9 Å². The van der Waals surface area contributed by atoms with E-state index in [2.05, 4.69) is 0 Å². The summed E-state index contributed by atoms with van der Waals surface area (Å²) < 4.78 is 13.4. The van der Waals surface area contributed by atoms with E-state index in [1.165, 1.54) is 6.07 Å². The highest BCUT2D eigenvalue weighted by atomic mass is 19.1. The predicted octanol–water partition coefficient (Wildman–Crippen LogP) is 2.49. The van der Waals surface area contributed by atoms with Crippen molar-refractivity contribution < 1.29 is 9.31 Å². The average molecular weight is 224 g/mol. The molecule has 16 heavy (non-hydrogen) atoms. The summed E-state index contributed by atoms with van der Waals surface area (Å²) in [6, 6.07) is 3.44. The molecule has 0 aliphatic heterocycles. The third-order valence-electron chi connectivity index (χ3n) is 2.27. The first-order valence-corrected chi connectivity index (χ1v) is 4.92. The molecule has 0 aliphatic rings. The molecule has 0 saturated carbocycles. The van der Waals surface area contributed by atoms with E-state index in [9.17, 15) is 14.5 Å². The van der Waals surface area contributed by atoms with E-state index in [-0.39, 0.29) is 11.3 Å². The number of hydrogen-bond donors (Lipinski definition) is 1. The van der Waals surface area contributed by atoms with Crippen LogP contribution in [0.15, 0.2) is 23.8 Å². The van der Waals surface area contributed by atoms with Crippen molar-refractivity contribution >= 4 is 11.8 Å². The largest absolute Gasteiger partial charge is 0.327 e. The molecule has 0 aliphatic carbocycles. The standard InChI is InChI=1S/C11H13FN2O2/c1-2-8(7-13)5-9-6-10(14(15)16)3-4-11(9)12/h3-6H,2,7,13H2,1H3/b8-5-. The number of rotatable bonds is 4. The number of nitrogens with two attached hydrogens (primary N) is 1. The summed E-state index contributed by atoms with van der Waals surface area (Å²) in [6.07, 6.45) is 2.25. The molecule has 0 atom stereocenters. The Morgan fingerprint density at radius 1 is 1.62 bits per heavy atom. The monoisotopic (exact) mass is 224 g/mol. The molecule has 0 spiro atoms. The fourth-order valence-electron chi connectivity index (χ4n) is 1.28. The zero-order valence-corrected chi connectivity index (χ0v) is 8.94. The van der Waals surface area contributed by atoms with Gasteiger partial charge in [-0.2, -0.15) is 0 Å². The number of benzene rings is 1. The third kappa shape index (κ3) is 2.87. The van der Waals surface area contributed by atoms with Crippen molar-refractivity contribution in [2.45, 2.75) is 13.3 Å². The summed E-state index contributed by atoms with van der Waals surface area (Å²) in [7, 11) is 0. The van der Waals surface area contributed by atoms with Crippen molar-refractivity contribution in [1.82, 2.24) is 0 Å². The Balaban J connectivity index is 3.16. The third-order valence-corrected chi connectivity index (χ3v) is 2.27. The van der Waals surface area contributed by atoms with E-state index >= 15 is 0 Å². The molecule has 1 rings (SSSR count). The van der Waals surface area contributed by atoms with Crippen LogP contribution in [0.5, 0.6) is 0 Å². The predicted molar refractivity (Wildman–Crippen MR) is 60.4 cm³/mol. The Morgan fingerprint density at radius 3 is 2.81 bits per heavy atom. The lowest BCUT2D eigenvalue weighted by atomic mass is 10.1. The molecule has 0 aromatic heterocycles. The highest BCUT2D eigenvalue weighted by molar-refractivity contribution is 5.57. The van der Waals surface area contributed by atoms with Crippen LogP contribution in [-0.4, -0.2) is 11.5 Å². The van der Waals surface area contributed by atoms with Gasteiger partial charge in [-0.15, -0.1) is 0 Å². The topological polar surface area (TPSA) is 69.2 Å². The summed E-state index contributed by atoms with van der Waals surface area (Å²) >= 11 is 0. The summed E-state index contributed by atoms with van der Waals surface area (Å²) in [5, 5.41) is 10.5. The van der Waals surface area contributed by atoms with Crippen LogP contribution in [-0.2, 0) is 0 Å². The molecular formula is C11H13FN2O2. The van der Waals surface area contributed by atoms with Crippen molar-refractivity contribution in [3.63, 3.8) is 0 Å². The molecule has 0 fully saturated rings. The normalized spacial score (nSPS) is 11.6. The average Bonchev–Trinajstić information content (AvgIpc) is 2.27. The number of hydrogen-bond acceptors (Lipinski definition) is 3. The highest BCUT2D eigenvalue weighted by Crippen LogP contribution is 2.19. The minimum Gasteiger partial charge on any atom is -0.327 e. The zero-order valence-electron chi connectivity index (χ0n) is 8.94. The Bertz CT molecular complexity index is 424. The number of halogens is 1. The van der Waals surface area contributed by atoms with Gasteiger partial charge in [-0.25, -0.2) is 4.39 Å². The van der Waals surface area contributed by atoms with Crippen molar-refractivity contribution in [1.29, 1.82) is 0 Å². The van der Waals surface area contributed by atoms with Gasteiger partial charge >= 0.3 is 0 Å². The van der Waals surface area contributed by atoms with Crippen LogP contribution in [0.3, 0.4) is 0 Å². The van der Waals surface area contributed by atoms with E-state index in [0.717, 1.165) is 17.7 Å². The van der Waals surface area contributed by atoms with Gasteiger partial charge < -0.3 is 5.73 Å². The van der Waals surface area contributed by atoms with Crippen molar-refractivity contribution in [2.24, 2.45) is 5.73 Å². The molecule has 0 radical (unpaired) electrons. The second-order valence-electron chi connectivity index (χ2n) is 3.32. The first kappa shape index (κ1) is 12.3. The van der Waals surface area contributed by atoms with Crippen molar-refractivity contribution in [3.05, 3.63) is 45.3 Å². The molecule has 4 nitrogen and oxygen atoms in total. The summed E-state index contributed by atoms with van der Waals surface area (Å²) in [5.74, 6) is -0.481. The van der Waals surface area contributed by atoms with Gasteiger partial charge in [0.15, 0.2) is 0 Å². The van der Waals surface area contributed by atoms with Gasteiger partial charge in [0.25, 0.3) is 5.69 Å². The van der Waals surface area contributed by atoms with Gasteiger partial charge in [0.05, 0.1) is 4.92 Å². The lowest BCUT2D eigenvalue weighted by Gasteiger charge is -2.02. The molecule has 0 heterocycles. The van der Waals surface area contributed by atoms with Crippen LogP contribution in [0.1, 0.15) is 18.9 Å². The molecule has 1 aromatic carbocycles. The van der Waals surface area contributed by atoms with Gasteiger partial charge in [0.2, 0.25) is 0 Å². The van der Waals surface area contributed by atoms with Gasteiger partial charge in [-0.1, -0.05) is 18.6 Å². The lowest BCUT2D eigenvalue weighted by molar-refractivity contribution is -0.384. The maximum atomic E-state index is 13.4. The molecule has 1 aromatic rings. The second-order valence-corrected chi connectivity index (χ2v) is 3.32. The minimum absolute atomic E-state index is 0.125. The lowest BCUT2D eigenvalue weighted by Crippen LogP contribution is -2.02. The van der Waals surface area contributed by atoms with Crippen LogP contribution in [0.25, 0.3) is 6.08 Å². The Hall–Kier alpha value is -1.75. The number of nitro groups is 1. The quantitative estimate of drug-likeness (QED) is 0.631. The summed E-state index contributed by atoms with van der Waals surface area (Å²) in [5.41, 5.74) is 6.38. The van der Waals surface area contributed by atoms with E-state index in [0.29, 0.717) is 13.0 Å². The number of non-ortho nitro benzene ring substituents is 1. The molecule has 0 unspecified atom stereocenters. The minimum atomic E-state index is -0.551. The maximum Gasteiger partial charge on any atom is 0.270 e. The first-order chi connectivity index (χ1) is 7.58. The van der Waals surface area contributed by atoms with E-state index < -0.39 is 10.7 Å². The Morgan fingerprint density at radius 2 is 2.31 bits per heavy atom. The van der Waals surface area contributed by atoms with E-state index in [1.807, 2.05) is 6.92 Å². The fourth-order valence-corrected chi connectivity index (χ4v) is 1.28. The van der Waals surface area contributed by atoms with Gasteiger partial charge in [-0.3, -0.25) is 10.1 Å². The summed E-state index contributed by atoms with van der Waals surface area (Å²) in [4.78, 5) is 9.98. The molecular weight excluding hydrogens is 211 g/mol. The summed E-state index contributed by atoms with van der Waals surface area (Å²) in [6.45, 7) is 2.21. The Kier molecular flexibility index (Phi) is 4.13. The second kappa shape index (κ2) is 5.37. The maximum absolute atomic E-state index is 13.4. The zero-order chi connectivity index (χ0) is 12.1. The smallest absolute Gasteiger partial charge is 0.270 e. The van der Waals surface area contributed by atoms with Gasteiger partial charge in [0.1, 0.15) is 5.82 Å². The van der Waals surface area contributed by atoms with Gasteiger partial charge in [0, 0.05) is 24.2 Å². The Labute approximate surface area is 92.7 Å². The van der Waals surface area contributed by atoms with E-state index in [4.69, 9.17) is 5.73 Å². The molecule has 5 heteroatoms. The first-order valence-electron chi connectivity index (χ1n) is 4.92. The molecule has 0 saturated heterocycles. The SMILES string of the molecule is CC/C(=C/c1cc([N+](=O)[O-])ccc1F)CN. The molecule has 0 bridgehead atoms. The molecule has 86 valence electrons. The molecule has 0 amide bonds. The van der Waals surface area contributed by atoms with Crippen LogP contribution in [0.4, 0.5) is 10.1 Å². The van der Waals surface area contributed by atoms with E-state index in [1.54, 1.807) is 6.08 Å². The molecule has 2 N–H and O–H groups in total. The number of nitrogens with zero attached hydrogens (tertiary/aromatic N) is 1. The number of nitro benzene ring substituents is 1. The fraction of sp³-hybridized carbons (Fsp3) is 0.273. The van der Waals surface area contributed by atoms with Crippen LogP contribution >= 0.6 is 0 Å². The highest BCUT2D eigenvalue weighted by Gasteiger charge is 2.09. The van der Waals surface area contributed by atoms with Crippen LogP contribution < -0.4 is 5.73 Å². The van der Waals surface area contributed by atoms with Crippen LogP contribution in [0.2, 0.25) is 0 Å². The van der Waals surface area contributed by atoms with Crippen molar-refractivity contribution in [2.75, 3.05) is 6.54 Å². The van der Waals surface area contributed by atoms with Gasteiger partial charge in [-0.05, 0) is 12.5 Å². The van der Waals surface area contributed by atoms with Crippen molar-refractivity contribution in [3.8, 4) is 0 Å².